The van der Waals surface area contributed by atoms with E-state index in [-0.39, 0.29) is 48.2 Å². The van der Waals surface area contributed by atoms with Gasteiger partial charge in [-0.1, -0.05) is 11.6 Å². The Morgan fingerprint density at radius 1 is 1.50 bits per heavy atom. The van der Waals surface area contributed by atoms with Crippen LogP contribution in [0.5, 0.6) is 5.75 Å². The second-order valence-electron chi connectivity index (χ2n) is 5.71. The quantitative estimate of drug-likeness (QED) is 0.369. The molecule has 0 aromatic heterocycles. The molecule has 0 radical (unpaired) electrons. The third kappa shape index (κ3) is 6.75. The van der Waals surface area contributed by atoms with Crippen molar-refractivity contribution in [1.82, 2.24) is 15.5 Å². The highest BCUT2D eigenvalue weighted by Crippen LogP contribution is 2.24. The molecule has 6 nitrogen and oxygen atoms in total. The minimum Gasteiger partial charge on any atom is -0.434 e. The van der Waals surface area contributed by atoms with Crippen molar-refractivity contribution >= 4 is 47.4 Å². The van der Waals surface area contributed by atoms with E-state index in [1.807, 2.05) is 0 Å². The number of nitrogens with zero attached hydrogens (tertiary/aromatic N) is 2. The number of ether oxygens (including phenoxy) is 1. The van der Waals surface area contributed by atoms with Gasteiger partial charge in [-0.2, -0.15) is 8.78 Å². The first-order valence-corrected chi connectivity index (χ1v) is 8.21. The zero-order valence-electron chi connectivity index (χ0n) is 14.5. The van der Waals surface area contributed by atoms with Crippen LogP contribution in [-0.2, 0) is 11.3 Å². The Balaban J connectivity index is 0.00000338. The molecule has 1 amide bonds. The van der Waals surface area contributed by atoms with Crippen LogP contribution >= 0.6 is 35.6 Å². The maximum atomic E-state index is 12.5. The van der Waals surface area contributed by atoms with Gasteiger partial charge in [-0.05, 0) is 24.6 Å². The second kappa shape index (κ2) is 10.7. The van der Waals surface area contributed by atoms with Crippen molar-refractivity contribution < 1.29 is 18.3 Å². The summed E-state index contributed by atoms with van der Waals surface area (Å²) in [5.74, 6) is 0.690. The predicted octanol–water partition coefficient (Wildman–Crippen LogP) is 2.85. The molecule has 1 heterocycles. The molecule has 0 spiro atoms. The Kier molecular flexibility index (Phi) is 9.34. The fraction of sp³-hybridized carbons (Fsp3) is 0.500. The fourth-order valence-corrected chi connectivity index (χ4v) is 2.79. The van der Waals surface area contributed by atoms with Gasteiger partial charge in [0, 0.05) is 50.2 Å². The van der Waals surface area contributed by atoms with E-state index >= 15 is 0 Å². The van der Waals surface area contributed by atoms with E-state index < -0.39 is 6.61 Å². The lowest BCUT2D eigenvalue weighted by Crippen LogP contribution is -2.51. The van der Waals surface area contributed by atoms with Crippen molar-refractivity contribution in [2.75, 3.05) is 20.6 Å². The minimum absolute atomic E-state index is 0. The fourth-order valence-electron chi connectivity index (χ4n) is 2.59. The number of guanidine groups is 1. The first-order chi connectivity index (χ1) is 11.9. The number of likely N-dealkylation sites (tertiary alicyclic amines) is 1. The van der Waals surface area contributed by atoms with Crippen molar-refractivity contribution in [3.63, 3.8) is 0 Å². The van der Waals surface area contributed by atoms with E-state index in [1.54, 1.807) is 25.1 Å². The number of hydrogen-bond donors (Lipinski definition) is 2. The standard InChI is InChI=1S/C16H21ClF2N4O2.HI/c1-20-16(22-12-4-6-14(24)23(2)9-12)21-8-10-7-11(17)3-5-13(10)25-15(18)19;/h3,5,7,12,15H,4,6,8-9H2,1-2H3,(H2,20,21,22);1H. The highest BCUT2D eigenvalue weighted by molar-refractivity contribution is 14.0. The maximum Gasteiger partial charge on any atom is 0.387 e. The Hall–Kier alpha value is -1.36. The Labute approximate surface area is 173 Å². The number of hydrogen-bond acceptors (Lipinski definition) is 3. The molecule has 2 rings (SSSR count). The number of likely N-dealkylation sites (N-methyl/N-ethyl adjacent to an activating group) is 1. The van der Waals surface area contributed by atoms with Gasteiger partial charge in [0.1, 0.15) is 5.75 Å². The molecule has 1 saturated heterocycles. The molecule has 0 aliphatic carbocycles. The van der Waals surface area contributed by atoms with Crippen LogP contribution in [0.4, 0.5) is 8.78 Å². The van der Waals surface area contributed by atoms with Crippen LogP contribution in [0.2, 0.25) is 5.02 Å². The minimum atomic E-state index is -2.91. The molecule has 1 aliphatic rings. The van der Waals surface area contributed by atoms with Crippen molar-refractivity contribution in [3.05, 3.63) is 28.8 Å². The maximum absolute atomic E-state index is 12.5. The van der Waals surface area contributed by atoms with Crippen LogP contribution in [0.3, 0.4) is 0 Å². The smallest absolute Gasteiger partial charge is 0.387 e. The van der Waals surface area contributed by atoms with E-state index in [1.165, 1.54) is 12.1 Å². The summed E-state index contributed by atoms with van der Waals surface area (Å²) in [5, 5.41) is 6.70. The lowest BCUT2D eigenvalue weighted by Gasteiger charge is -2.31. The molecule has 0 bridgehead atoms. The van der Waals surface area contributed by atoms with Gasteiger partial charge in [-0.25, -0.2) is 0 Å². The number of aliphatic imine (C=N–C) groups is 1. The zero-order valence-corrected chi connectivity index (χ0v) is 17.6. The lowest BCUT2D eigenvalue weighted by molar-refractivity contribution is -0.132. The molecule has 0 saturated carbocycles. The van der Waals surface area contributed by atoms with Gasteiger partial charge in [0.25, 0.3) is 0 Å². The molecule has 1 aromatic carbocycles. The molecule has 1 unspecified atom stereocenters. The number of halogens is 4. The third-order valence-corrected chi connectivity index (χ3v) is 4.11. The number of amides is 1. The average Bonchev–Trinajstić information content (AvgIpc) is 2.56. The SMILES string of the molecule is CN=C(NCc1cc(Cl)ccc1OC(F)F)NC1CCC(=O)N(C)C1.I. The predicted molar refractivity (Wildman–Crippen MR) is 107 cm³/mol. The summed E-state index contributed by atoms with van der Waals surface area (Å²) in [5.41, 5.74) is 0.492. The van der Waals surface area contributed by atoms with Crippen LogP contribution in [0.25, 0.3) is 0 Å². The van der Waals surface area contributed by atoms with E-state index in [2.05, 4.69) is 20.4 Å². The third-order valence-electron chi connectivity index (χ3n) is 3.88. The zero-order chi connectivity index (χ0) is 18.4. The molecule has 10 heteroatoms. The van der Waals surface area contributed by atoms with E-state index in [9.17, 15) is 13.6 Å². The van der Waals surface area contributed by atoms with Gasteiger partial charge in [-0.3, -0.25) is 9.79 Å². The molecule has 1 aromatic rings. The molecule has 26 heavy (non-hydrogen) atoms. The highest BCUT2D eigenvalue weighted by atomic mass is 127. The second-order valence-corrected chi connectivity index (χ2v) is 6.15. The Morgan fingerprint density at radius 2 is 2.23 bits per heavy atom. The summed E-state index contributed by atoms with van der Waals surface area (Å²) in [6, 6.07) is 4.53. The molecule has 1 aliphatic heterocycles. The Bertz CT molecular complexity index is 649. The highest BCUT2D eigenvalue weighted by Gasteiger charge is 2.23. The number of carbonyl (C=O) groups excluding carboxylic acids is 1. The summed E-state index contributed by atoms with van der Waals surface area (Å²) in [7, 11) is 3.37. The van der Waals surface area contributed by atoms with Gasteiger partial charge in [-0.15, -0.1) is 24.0 Å². The van der Waals surface area contributed by atoms with Crippen LogP contribution in [0.15, 0.2) is 23.2 Å². The number of piperidine rings is 1. The first-order valence-electron chi connectivity index (χ1n) is 7.83. The van der Waals surface area contributed by atoms with E-state index in [0.29, 0.717) is 35.9 Å². The topological polar surface area (TPSA) is 66.0 Å². The summed E-state index contributed by atoms with van der Waals surface area (Å²) in [4.78, 5) is 17.3. The number of alkyl halides is 2. The van der Waals surface area contributed by atoms with Gasteiger partial charge in [0.15, 0.2) is 5.96 Å². The molecule has 1 atom stereocenters. The van der Waals surface area contributed by atoms with Crippen LogP contribution < -0.4 is 15.4 Å². The van der Waals surface area contributed by atoms with E-state index in [4.69, 9.17) is 11.6 Å². The molecule has 146 valence electrons. The summed E-state index contributed by atoms with van der Waals surface area (Å²) < 4.78 is 29.5. The van der Waals surface area contributed by atoms with Gasteiger partial charge in [0.2, 0.25) is 5.91 Å². The molecular weight excluding hydrogens is 481 g/mol. The van der Waals surface area contributed by atoms with Crippen molar-refractivity contribution in [1.29, 1.82) is 0 Å². The van der Waals surface area contributed by atoms with Crippen LogP contribution in [0, 0.1) is 0 Å². The van der Waals surface area contributed by atoms with Gasteiger partial charge in [0.05, 0.1) is 0 Å². The summed E-state index contributed by atoms with van der Waals surface area (Å²) in [6.07, 6.45) is 1.19. The summed E-state index contributed by atoms with van der Waals surface area (Å²) in [6.45, 7) is -2.12. The van der Waals surface area contributed by atoms with Crippen LogP contribution in [0.1, 0.15) is 18.4 Å². The normalized spacial score (nSPS) is 17.8. The summed E-state index contributed by atoms with van der Waals surface area (Å²) >= 11 is 5.93. The van der Waals surface area contributed by atoms with Gasteiger partial charge < -0.3 is 20.3 Å². The molecule has 2 N–H and O–H groups in total. The van der Waals surface area contributed by atoms with Gasteiger partial charge >= 0.3 is 6.61 Å². The lowest BCUT2D eigenvalue weighted by atomic mass is 10.1. The largest absolute Gasteiger partial charge is 0.434 e. The van der Waals surface area contributed by atoms with Crippen molar-refractivity contribution in [2.45, 2.75) is 32.0 Å². The monoisotopic (exact) mass is 502 g/mol. The average molecular weight is 503 g/mol. The molecular formula is C16H22ClF2IN4O2. The first kappa shape index (κ1) is 22.7. The van der Waals surface area contributed by atoms with Crippen molar-refractivity contribution in [3.8, 4) is 5.75 Å². The Morgan fingerprint density at radius 3 is 2.85 bits per heavy atom. The van der Waals surface area contributed by atoms with Crippen LogP contribution in [-0.4, -0.2) is 50.1 Å². The van der Waals surface area contributed by atoms with E-state index in [0.717, 1.165) is 0 Å². The number of carbonyl (C=O) groups is 1. The molecule has 1 fully saturated rings. The van der Waals surface area contributed by atoms with Crippen molar-refractivity contribution in [2.24, 2.45) is 4.99 Å². The number of benzene rings is 1. The number of nitrogens with one attached hydrogen (secondary N) is 2. The number of rotatable bonds is 5.